The first-order chi connectivity index (χ1) is 15.1. The number of benzene rings is 2. The van der Waals surface area contributed by atoms with Gasteiger partial charge in [0.25, 0.3) is 5.91 Å². The van der Waals surface area contributed by atoms with Gasteiger partial charge in [0.1, 0.15) is 5.75 Å². The first-order valence-corrected chi connectivity index (χ1v) is 11.0. The molecule has 0 spiro atoms. The van der Waals surface area contributed by atoms with Crippen LogP contribution in [-0.2, 0) is 19.6 Å². The van der Waals surface area contributed by atoms with E-state index in [9.17, 15) is 13.2 Å². The fourth-order valence-electron chi connectivity index (χ4n) is 2.80. The van der Waals surface area contributed by atoms with Crippen LogP contribution in [0.4, 0.5) is 0 Å². The van der Waals surface area contributed by atoms with Crippen molar-refractivity contribution in [3.8, 4) is 5.75 Å². The zero-order chi connectivity index (χ0) is 23.9. The van der Waals surface area contributed by atoms with Crippen molar-refractivity contribution in [1.82, 2.24) is 9.21 Å². The number of carboxylic acids is 2. The number of amides is 1. The van der Waals surface area contributed by atoms with Gasteiger partial charge in [-0.15, -0.1) is 0 Å². The van der Waals surface area contributed by atoms with Crippen LogP contribution in [0.1, 0.15) is 10.4 Å². The molecule has 2 aromatic rings. The Hall–Kier alpha value is -3.15. The van der Waals surface area contributed by atoms with Crippen LogP contribution in [0.15, 0.2) is 53.4 Å². The maximum Gasteiger partial charge on any atom is 0.414 e. The highest BCUT2D eigenvalue weighted by atomic mass is 35.5. The van der Waals surface area contributed by atoms with Gasteiger partial charge in [-0.2, -0.15) is 4.31 Å². The molecule has 1 heterocycles. The molecule has 0 unspecified atom stereocenters. The summed E-state index contributed by atoms with van der Waals surface area (Å²) in [5.41, 5.74) is 0.542. The molecule has 12 heteroatoms. The molecule has 0 radical (unpaired) electrons. The summed E-state index contributed by atoms with van der Waals surface area (Å²) in [6.45, 7) is 1.20. The van der Waals surface area contributed by atoms with Crippen LogP contribution >= 0.6 is 11.6 Å². The highest BCUT2D eigenvalue weighted by Crippen LogP contribution is 2.21. The normalized spacial score (nSPS) is 14.1. The lowest BCUT2D eigenvalue weighted by atomic mass is 10.2. The third-order valence-electron chi connectivity index (χ3n) is 4.50. The van der Waals surface area contributed by atoms with Gasteiger partial charge in [0.15, 0.2) is 0 Å². The van der Waals surface area contributed by atoms with Gasteiger partial charge in [-0.1, -0.05) is 11.6 Å². The lowest BCUT2D eigenvalue weighted by Gasteiger charge is -2.34. The van der Waals surface area contributed by atoms with Crippen molar-refractivity contribution < 1.29 is 37.8 Å². The molecule has 1 fully saturated rings. The summed E-state index contributed by atoms with van der Waals surface area (Å²) in [6, 6.07) is 13.0. The second kappa shape index (κ2) is 10.9. The Balaban J connectivity index is 0.000000534. The van der Waals surface area contributed by atoms with Crippen LogP contribution in [-0.4, -0.2) is 79.0 Å². The number of hydrogen-bond acceptors (Lipinski definition) is 6. The Labute approximate surface area is 189 Å². The molecule has 10 nitrogen and oxygen atoms in total. The minimum atomic E-state index is -3.58. The number of methoxy groups -OCH3 is 1. The number of carboxylic acid groups (broad SMARTS) is 2. The van der Waals surface area contributed by atoms with Gasteiger partial charge >= 0.3 is 11.9 Å². The number of carbonyl (C=O) groups is 3. The summed E-state index contributed by atoms with van der Waals surface area (Å²) in [5, 5.41) is 15.3. The van der Waals surface area contributed by atoms with Crippen molar-refractivity contribution in [3.63, 3.8) is 0 Å². The zero-order valence-electron chi connectivity index (χ0n) is 17.0. The number of sulfonamides is 1. The Kier molecular flexibility index (Phi) is 8.58. The number of hydrogen-bond donors (Lipinski definition) is 2. The maximum absolute atomic E-state index is 12.7. The van der Waals surface area contributed by atoms with Crippen LogP contribution < -0.4 is 4.74 Å². The third kappa shape index (κ3) is 6.42. The second-order valence-electron chi connectivity index (χ2n) is 6.49. The van der Waals surface area contributed by atoms with Gasteiger partial charge in [0, 0.05) is 36.8 Å². The van der Waals surface area contributed by atoms with Crippen LogP contribution in [0.3, 0.4) is 0 Å². The summed E-state index contributed by atoms with van der Waals surface area (Å²) >= 11 is 5.84. The molecule has 0 atom stereocenters. The van der Waals surface area contributed by atoms with Gasteiger partial charge in [-0.25, -0.2) is 18.0 Å². The van der Waals surface area contributed by atoms with Crippen molar-refractivity contribution >= 4 is 39.5 Å². The van der Waals surface area contributed by atoms with Crippen molar-refractivity contribution in [1.29, 1.82) is 0 Å². The van der Waals surface area contributed by atoms with E-state index in [2.05, 4.69) is 0 Å². The first kappa shape index (κ1) is 25.1. The molecule has 1 saturated heterocycles. The van der Waals surface area contributed by atoms with Crippen molar-refractivity contribution in [2.24, 2.45) is 0 Å². The van der Waals surface area contributed by atoms with Gasteiger partial charge in [0.05, 0.1) is 12.0 Å². The fraction of sp³-hybridized carbons (Fsp3) is 0.250. The molecular formula is C20H21ClN2O8S. The van der Waals surface area contributed by atoms with Gasteiger partial charge < -0.3 is 19.8 Å². The number of carbonyl (C=O) groups excluding carboxylic acids is 1. The molecule has 0 bridgehead atoms. The molecule has 2 aromatic carbocycles. The van der Waals surface area contributed by atoms with Crippen LogP contribution in [0.2, 0.25) is 5.02 Å². The van der Waals surface area contributed by atoms with Crippen LogP contribution in [0, 0.1) is 0 Å². The monoisotopic (exact) mass is 484 g/mol. The number of nitrogens with zero attached hydrogens (tertiary/aromatic N) is 2. The predicted octanol–water partition coefficient (Wildman–Crippen LogP) is 1.65. The smallest absolute Gasteiger partial charge is 0.414 e. The first-order valence-electron chi connectivity index (χ1n) is 9.21. The second-order valence-corrected chi connectivity index (χ2v) is 8.86. The lowest BCUT2D eigenvalue weighted by molar-refractivity contribution is -0.159. The molecule has 2 N–H and O–H groups in total. The molecule has 0 aromatic heterocycles. The lowest BCUT2D eigenvalue weighted by Crippen LogP contribution is -2.50. The molecule has 1 aliphatic rings. The Morgan fingerprint density at radius 1 is 0.875 bits per heavy atom. The van der Waals surface area contributed by atoms with Gasteiger partial charge in [-0.3, -0.25) is 4.79 Å². The van der Waals surface area contributed by atoms with E-state index in [0.717, 1.165) is 0 Å². The Bertz CT molecular complexity index is 1050. The van der Waals surface area contributed by atoms with E-state index in [4.69, 9.17) is 36.1 Å². The molecule has 0 saturated carbocycles. The summed E-state index contributed by atoms with van der Waals surface area (Å²) < 4.78 is 31.9. The van der Waals surface area contributed by atoms with Gasteiger partial charge in [0.2, 0.25) is 10.0 Å². The minimum absolute atomic E-state index is 0.122. The summed E-state index contributed by atoms with van der Waals surface area (Å²) in [4.78, 5) is 32.6. The van der Waals surface area contributed by atoms with Crippen molar-refractivity contribution in [3.05, 3.63) is 59.1 Å². The number of piperazine rings is 1. The van der Waals surface area contributed by atoms with Crippen molar-refractivity contribution in [2.45, 2.75) is 4.90 Å². The summed E-state index contributed by atoms with van der Waals surface area (Å²) in [7, 11) is -2.06. The summed E-state index contributed by atoms with van der Waals surface area (Å²) in [6.07, 6.45) is 0. The quantitative estimate of drug-likeness (QED) is 0.624. The van der Waals surface area contributed by atoms with E-state index < -0.39 is 22.0 Å². The molecule has 1 amide bonds. The highest BCUT2D eigenvalue weighted by Gasteiger charge is 2.30. The highest BCUT2D eigenvalue weighted by molar-refractivity contribution is 7.89. The average molecular weight is 485 g/mol. The zero-order valence-corrected chi connectivity index (χ0v) is 18.5. The van der Waals surface area contributed by atoms with Gasteiger partial charge in [-0.05, 0) is 48.5 Å². The van der Waals surface area contributed by atoms with E-state index in [1.54, 1.807) is 41.3 Å². The third-order valence-corrected chi connectivity index (χ3v) is 6.66. The Morgan fingerprint density at radius 2 is 1.38 bits per heavy atom. The van der Waals surface area contributed by atoms with Crippen LogP contribution in [0.5, 0.6) is 5.75 Å². The van der Waals surface area contributed by atoms with Crippen molar-refractivity contribution in [2.75, 3.05) is 33.3 Å². The minimum Gasteiger partial charge on any atom is -0.497 e. The van der Waals surface area contributed by atoms with E-state index >= 15 is 0 Å². The molecule has 0 aliphatic carbocycles. The number of rotatable bonds is 4. The predicted molar refractivity (Wildman–Crippen MR) is 114 cm³/mol. The average Bonchev–Trinajstić information content (AvgIpc) is 2.79. The van der Waals surface area contributed by atoms with E-state index in [1.165, 1.54) is 23.5 Å². The Morgan fingerprint density at radius 3 is 1.81 bits per heavy atom. The van der Waals surface area contributed by atoms with E-state index in [0.29, 0.717) is 29.4 Å². The maximum atomic E-state index is 12.7. The van der Waals surface area contributed by atoms with E-state index in [1.807, 2.05) is 0 Å². The van der Waals surface area contributed by atoms with E-state index in [-0.39, 0.29) is 23.9 Å². The topological polar surface area (TPSA) is 142 Å². The largest absolute Gasteiger partial charge is 0.497 e. The fourth-order valence-corrected chi connectivity index (χ4v) is 4.35. The SMILES string of the molecule is COc1ccc(S(=O)(=O)N2CCN(C(=O)c3ccc(Cl)cc3)CC2)cc1.O=C(O)C(=O)O. The molecular weight excluding hydrogens is 464 g/mol. The molecule has 172 valence electrons. The number of aliphatic carboxylic acids is 2. The molecule has 1 aliphatic heterocycles. The summed E-state index contributed by atoms with van der Waals surface area (Å²) in [5.74, 6) is -3.17. The van der Waals surface area contributed by atoms with Crippen LogP contribution in [0.25, 0.3) is 0 Å². The molecule has 32 heavy (non-hydrogen) atoms. The standard InChI is InChI=1S/C18H19ClN2O4S.C2H2O4/c1-25-16-6-8-17(9-7-16)26(23,24)21-12-10-20(11-13-21)18(22)14-2-4-15(19)5-3-14;3-1(4)2(5)6/h2-9H,10-13H2,1H3;(H,3,4)(H,5,6). The molecule has 3 rings (SSSR count). The number of ether oxygens (including phenoxy) is 1. The number of halogens is 1.